The second kappa shape index (κ2) is 6.89. The SMILES string of the molecule is O=C(CN1CC[C@@](O)(c2ccccc2)C1)Nc1ccc(Cl)cc1F. The lowest BCUT2D eigenvalue weighted by Gasteiger charge is -2.23. The van der Waals surface area contributed by atoms with Crippen molar-refractivity contribution in [1.82, 2.24) is 4.90 Å². The van der Waals surface area contributed by atoms with Crippen LogP contribution in [0.5, 0.6) is 0 Å². The molecule has 3 rings (SSSR count). The van der Waals surface area contributed by atoms with Crippen LogP contribution in [0.3, 0.4) is 0 Å². The van der Waals surface area contributed by atoms with E-state index >= 15 is 0 Å². The van der Waals surface area contributed by atoms with Crippen molar-refractivity contribution in [2.75, 3.05) is 25.0 Å². The van der Waals surface area contributed by atoms with E-state index < -0.39 is 11.4 Å². The zero-order chi connectivity index (χ0) is 17.2. The van der Waals surface area contributed by atoms with Crippen LogP contribution >= 0.6 is 11.6 Å². The van der Waals surface area contributed by atoms with Gasteiger partial charge in [-0.1, -0.05) is 41.9 Å². The summed E-state index contributed by atoms with van der Waals surface area (Å²) in [5.41, 5.74) is -0.00821. The molecule has 0 unspecified atom stereocenters. The van der Waals surface area contributed by atoms with Crippen LogP contribution in [0.1, 0.15) is 12.0 Å². The van der Waals surface area contributed by atoms with Crippen LogP contribution in [0.25, 0.3) is 0 Å². The molecule has 2 aromatic rings. The first kappa shape index (κ1) is 16.9. The molecule has 0 bridgehead atoms. The second-order valence-corrected chi connectivity index (χ2v) is 6.47. The molecule has 126 valence electrons. The highest BCUT2D eigenvalue weighted by Gasteiger charge is 2.37. The number of aliphatic hydroxyl groups is 1. The summed E-state index contributed by atoms with van der Waals surface area (Å²) in [5, 5.41) is 13.6. The van der Waals surface area contributed by atoms with Crippen LogP contribution in [0.15, 0.2) is 48.5 Å². The van der Waals surface area contributed by atoms with Crippen LogP contribution in [0.4, 0.5) is 10.1 Å². The first-order valence-corrected chi connectivity index (χ1v) is 8.09. The van der Waals surface area contributed by atoms with Gasteiger partial charge in [0.15, 0.2) is 0 Å². The van der Waals surface area contributed by atoms with Crippen LogP contribution in [0.2, 0.25) is 5.02 Å². The molecule has 24 heavy (non-hydrogen) atoms. The van der Waals surface area contributed by atoms with Crippen molar-refractivity contribution in [2.24, 2.45) is 0 Å². The number of likely N-dealkylation sites (tertiary alicyclic amines) is 1. The van der Waals surface area contributed by atoms with Gasteiger partial charge >= 0.3 is 0 Å². The number of carbonyl (C=O) groups excluding carboxylic acids is 1. The number of hydrogen-bond acceptors (Lipinski definition) is 3. The zero-order valence-corrected chi connectivity index (χ0v) is 13.8. The topological polar surface area (TPSA) is 52.6 Å². The van der Waals surface area contributed by atoms with Gasteiger partial charge in [0.2, 0.25) is 5.91 Å². The minimum absolute atomic E-state index is 0.0945. The molecule has 6 heteroatoms. The minimum atomic E-state index is -0.951. The largest absolute Gasteiger partial charge is 0.384 e. The molecule has 0 spiro atoms. The third kappa shape index (κ3) is 3.75. The minimum Gasteiger partial charge on any atom is -0.384 e. The average molecular weight is 349 g/mol. The normalized spacial score (nSPS) is 21.0. The number of anilines is 1. The van der Waals surface area contributed by atoms with Crippen LogP contribution in [-0.2, 0) is 10.4 Å². The number of benzene rings is 2. The summed E-state index contributed by atoms with van der Waals surface area (Å²) in [4.78, 5) is 14.0. The molecular weight excluding hydrogens is 331 g/mol. The summed E-state index contributed by atoms with van der Waals surface area (Å²) in [5.74, 6) is -0.897. The Morgan fingerprint density at radius 1 is 1.29 bits per heavy atom. The standard InChI is InChI=1S/C18H18ClFN2O2/c19-14-6-7-16(15(20)10-14)21-17(23)11-22-9-8-18(24,12-22)13-4-2-1-3-5-13/h1-7,10,24H,8-9,11-12H2,(H,21,23)/t18-/m0/s1. The van der Waals surface area contributed by atoms with Crippen molar-refractivity contribution in [2.45, 2.75) is 12.0 Å². The Morgan fingerprint density at radius 3 is 2.75 bits per heavy atom. The van der Waals surface area contributed by atoms with Gasteiger partial charge in [0.1, 0.15) is 11.4 Å². The molecule has 0 radical (unpaired) electrons. The van der Waals surface area contributed by atoms with Gasteiger partial charge in [-0.2, -0.15) is 0 Å². The number of carbonyl (C=O) groups is 1. The maximum Gasteiger partial charge on any atom is 0.238 e. The lowest BCUT2D eigenvalue weighted by atomic mass is 9.93. The quantitative estimate of drug-likeness (QED) is 0.893. The highest BCUT2D eigenvalue weighted by molar-refractivity contribution is 6.30. The van der Waals surface area contributed by atoms with Gasteiger partial charge in [0.25, 0.3) is 0 Å². The molecule has 0 saturated carbocycles. The van der Waals surface area contributed by atoms with E-state index in [-0.39, 0.29) is 23.2 Å². The monoisotopic (exact) mass is 348 g/mol. The Kier molecular flexibility index (Phi) is 4.85. The van der Waals surface area contributed by atoms with Crippen molar-refractivity contribution in [3.05, 3.63) is 64.9 Å². The number of nitrogens with zero attached hydrogens (tertiary/aromatic N) is 1. The van der Waals surface area contributed by atoms with E-state index in [1.54, 1.807) is 0 Å². The van der Waals surface area contributed by atoms with Gasteiger partial charge in [-0.05, 0) is 30.2 Å². The lowest BCUT2D eigenvalue weighted by molar-refractivity contribution is -0.117. The van der Waals surface area contributed by atoms with E-state index in [1.807, 2.05) is 35.2 Å². The Morgan fingerprint density at radius 2 is 2.04 bits per heavy atom. The fourth-order valence-corrected chi connectivity index (χ4v) is 3.13. The molecule has 1 saturated heterocycles. The Balaban J connectivity index is 1.60. The molecule has 1 atom stereocenters. The third-order valence-electron chi connectivity index (χ3n) is 4.21. The molecular formula is C18H18ClFN2O2. The lowest BCUT2D eigenvalue weighted by Crippen LogP contribution is -2.35. The highest BCUT2D eigenvalue weighted by Crippen LogP contribution is 2.31. The molecule has 2 aromatic carbocycles. The molecule has 0 aliphatic carbocycles. The summed E-state index contributed by atoms with van der Waals surface area (Å²) >= 11 is 5.69. The number of rotatable bonds is 4. The zero-order valence-electron chi connectivity index (χ0n) is 13.0. The summed E-state index contributed by atoms with van der Waals surface area (Å²) in [6, 6.07) is 13.5. The van der Waals surface area contributed by atoms with E-state index in [9.17, 15) is 14.3 Å². The molecule has 2 N–H and O–H groups in total. The van der Waals surface area contributed by atoms with E-state index in [0.29, 0.717) is 19.5 Å². The first-order valence-electron chi connectivity index (χ1n) is 7.71. The van der Waals surface area contributed by atoms with Crippen molar-refractivity contribution >= 4 is 23.2 Å². The van der Waals surface area contributed by atoms with E-state index in [1.165, 1.54) is 12.1 Å². The van der Waals surface area contributed by atoms with Crippen molar-refractivity contribution in [3.8, 4) is 0 Å². The van der Waals surface area contributed by atoms with Crippen molar-refractivity contribution in [1.29, 1.82) is 0 Å². The van der Waals surface area contributed by atoms with Crippen LogP contribution in [0, 0.1) is 5.82 Å². The first-order chi connectivity index (χ1) is 11.5. The smallest absolute Gasteiger partial charge is 0.238 e. The summed E-state index contributed by atoms with van der Waals surface area (Å²) in [6.45, 7) is 1.06. The summed E-state index contributed by atoms with van der Waals surface area (Å²) in [6.07, 6.45) is 0.555. The Labute approximate surface area is 144 Å². The number of amides is 1. The van der Waals surface area contributed by atoms with Crippen LogP contribution < -0.4 is 5.32 Å². The van der Waals surface area contributed by atoms with E-state index in [0.717, 1.165) is 11.6 Å². The fraction of sp³-hybridized carbons (Fsp3) is 0.278. The van der Waals surface area contributed by atoms with Crippen LogP contribution in [-0.4, -0.2) is 35.5 Å². The number of β-amino-alcohol motifs (C(OH)–C–C–N with tert-alkyl or cyclic N) is 1. The van der Waals surface area contributed by atoms with Crippen molar-refractivity contribution < 1.29 is 14.3 Å². The molecule has 4 nitrogen and oxygen atoms in total. The fourth-order valence-electron chi connectivity index (χ4n) is 2.97. The third-order valence-corrected chi connectivity index (χ3v) is 4.45. The molecule has 1 heterocycles. The van der Waals surface area contributed by atoms with E-state index in [2.05, 4.69) is 5.32 Å². The molecule has 1 aliphatic rings. The Hall–Kier alpha value is -1.95. The average Bonchev–Trinajstić information content (AvgIpc) is 2.93. The van der Waals surface area contributed by atoms with Gasteiger partial charge in [-0.3, -0.25) is 9.69 Å². The van der Waals surface area contributed by atoms with Gasteiger partial charge < -0.3 is 10.4 Å². The summed E-state index contributed by atoms with van der Waals surface area (Å²) < 4.78 is 13.7. The maximum atomic E-state index is 13.7. The van der Waals surface area contributed by atoms with Gasteiger partial charge in [-0.25, -0.2) is 4.39 Å². The Bertz CT molecular complexity index is 741. The summed E-state index contributed by atoms with van der Waals surface area (Å²) in [7, 11) is 0. The van der Waals surface area contributed by atoms with Gasteiger partial charge in [-0.15, -0.1) is 0 Å². The highest BCUT2D eigenvalue weighted by atomic mass is 35.5. The maximum absolute atomic E-state index is 13.7. The molecule has 1 aliphatic heterocycles. The van der Waals surface area contributed by atoms with Gasteiger partial charge in [0.05, 0.1) is 12.2 Å². The number of hydrogen-bond donors (Lipinski definition) is 2. The number of nitrogens with one attached hydrogen (secondary N) is 1. The van der Waals surface area contributed by atoms with Crippen molar-refractivity contribution in [3.63, 3.8) is 0 Å². The predicted molar refractivity (Wildman–Crippen MR) is 91.4 cm³/mol. The molecule has 0 aromatic heterocycles. The van der Waals surface area contributed by atoms with Gasteiger partial charge in [0, 0.05) is 18.1 Å². The number of halogens is 2. The molecule has 1 fully saturated rings. The predicted octanol–water partition coefficient (Wildman–Crippen LogP) is 3.01. The second-order valence-electron chi connectivity index (χ2n) is 6.03. The molecule has 1 amide bonds. The van der Waals surface area contributed by atoms with E-state index in [4.69, 9.17) is 11.6 Å².